The molecule has 2 aliphatic rings. The number of rotatable bonds is 2. The Kier molecular flexibility index (Phi) is 7.99. The van der Waals surface area contributed by atoms with E-state index in [1.807, 2.05) is 0 Å². The summed E-state index contributed by atoms with van der Waals surface area (Å²) in [5.74, 6) is 1.13. The summed E-state index contributed by atoms with van der Waals surface area (Å²) in [4.78, 5) is 14.9. The molecule has 2 saturated heterocycles. The molecule has 0 bridgehead atoms. The number of hydrogen-bond donors (Lipinski definition) is 0. The molecule has 2 fully saturated rings. The Morgan fingerprint density at radius 3 is 1.89 bits per heavy atom. The number of allylic oxidation sites excluding steroid dienone is 1. The molecule has 0 aromatic carbocycles. The van der Waals surface area contributed by atoms with Gasteiger partial charge in [-0.3, -0.25) is 0 Å². The normalized spacial score (nSPS) is 29.8. The molecular weight excluding hydrogens is 236 g/mol. The highest BCUT2D eigenvalue weighted by molar-refractivity contribution is 5.53. The van der Waals surface area contributed by atoms with Crippen molar-refractivity contribution in [2.45, 2.75) is 32.6 Å². The van der Waals surface area contributed by atoms with Gasteiger partial charge in [0.1, 0.15) is 6.29 Å². The first-order valence-electron chi connectivity index (χ1n) is 7.61. The zero-order valence-electron chi connectivity index (χ0n) is 12.8. The predicted octanol–water partition coefficient (Wildman–Crippen LogP) is 2.43. The standard InChI is InChI=1S/C9H17N.C7H13NO/c1-3-5-9-6-4-7-10(2)8-9;1-8-4-2-3-7(5-8)6-9/h3,5,9H,4,6-8H2,1-2H3;6-7H,2-5H2,1H3/b5-3+;. The number of nitrogens with zero attached hydrogens (tertiary/aromatic N) is 2. The fourth-order valence-electron chi connectivity index (χ4n) is 2.95. The fraction of sp³-hybridized carbons (Fsp3) is 0.812. The van der Waals surface area contributed by atoms with Crippen molar-refractivity contribution < 1.29 is 4.79 Å². The van der Waals surface area contributed by atoms with Crippen LogP contribution in [0.3, 0.4) is 0 Å². The van der Waals surface area contributed by atoms with Crippen LogP contribution < -0.4 is 0 Å². The fourth-order valence-corrected chi connectivity index (χ4v) is 2.95. The van der Waals surface area contributed by atoms with E-state index >= 15 is 0 Å². The summed E-state index contributed by atoms with van der Waals surface area (Å²) in [5.41, 5.74) is 0. The number of piperidine rings is 2. The summed E-state index contributed by atoms with van der Waals surface area (Å²) in [6, 6.07) is 0. The Morgan fingerprint density at radius 2 is 1.47 bits per heavy atom. The van der Waals surface area contributed by atoms with E-state index in [-0.39, 0.29) is 0 Å². The number of likely N-dealkylation sites (tertiary alicyclic amines) is 2. The first-order valence-corrected chi connectivity index (χ1v) is 7.61. The average Bonchev–Trinajstić information content (AvgIpc) is 2.40. The van der Waals surface area contributed by atoms with Gasteiger partial charge in [-0.1, -0.05) is 12.2 Å². The van der Waals surface area contributed by atoms with E-state index in [9.17, 15) is 4.79 Å². The molecule has 0 radical (unpaired) electrons. The van der Waals surface area contributed by atoms with Crippen LogP contribution in [0.2, 0.25) is 0 Å². The van der Waals surface area contributed by atoms with Crippen LogP contribution in [0.5, 0.6) is 0 Å². The van der Waals surface area contributed by atoms with Crippen LogP contribution in [0.4, 0.5) is 0 Å². The van der Waals surface area contributed by atoms with Crippen LogP contribution in [-0.4, -0.2) is 56.4 Å². The first-order chi connectivity index (χ1) is 9.15. The van der Waals surface area contributed by atoms with Crippen molar-refractivity contribution >= 4 is 6.29 Å². The molecule has 0 aromatic rings. The maximum Gasteiger partial charge on any atom is 0.124 e. The van der Waals surface area contributed by atoms with Gasteiger partial charge in [0.25, 0.3) is 0 Å². The molecule has 0 aromatic heterocycles. The molecule has 19 heavy (non-hydrogen) atoms. The number of carbonyl (C=O) groups is 1. The second-order valence-electron chi connectivity index (χ2n) is 5.99. The molecule has 0 saturated carbocycles. The molecule has 2 unspecified atom stereocenters. The number of hydrogen-bond acceptors (Lipinski definition) is 3. The maximum atomic E-state index is 10.3. The zero-order chi connectivity index (χ0) is 14.1. The zero-order valence-corrected chi connectivity index (χ0v) is 12.8. The molecule has 0 amide bonds. The molecule has 0 aliphatic carbocycles. The summed E-state index contributed by atoms with van der Waals surface area (Å²) in [7, 11) is 4.27. The van der Waals surface area contributed by atoms with Crippen molar-refractivity contribution in [1.82, 2.24) is 9.80 Å². The highest BCUT2D eigenvalue weighted by Crippen LogP contribution is 2.15. The Morgan fingerprint density at radius 1 is 0.947 bits per heavy atom. The summed E-state index contributed by atoms with van der Waals surface area (Å²) in [6.45, 7) is 6.76. The number of carbonyl (C=O) groups excluding carboxylic acids is 1. The van der Waals surface area contributed by atoms with E-state index in [4.69, 9.17) is 0 Å². The van der Waals surface area contributed by atoms with Crippen LogP contribution in [0, 0.1) is 11.8 Å². The van der Waals surface area contributed by atoms with Gasteiger partial charge >= 0.3 is 0 Å². The minimum atomic E-state index is 0.309. The molecule has 2 aliphatic heterocycles. The van der Waals surface area contributed by atoms with Crippen molar-refractivity contribution in [2.75, 3.05) is 40.3 Å². The molecule has 2 atom stereocenters. The van der Waals surface area contributed by atoms with Gasteiger partial charge in [-0.2, -0.15) is 0 Å². The summed E-state index contributed by atoms with van der Waals surface area (Å²) >= 11 is 0. The van der Waals surface area contributed by atoms with Gasteiger partial charge in [-0.15, -0.1) is 0 Å². The summed E-state index contributed by atoms with van der Waals surface area (Å²) in [5, 5.41) is 0. The van der Waals surface area contributed by atoms with Gasteiger partial charge in [-0.05, 0) is 65.7 Å². The van der Waals surface area contributed by atoms with Gasteiger partial charge in [0, 0.05) is 19.0 Å². The second kappa shape index (κ2) is 9.27. The van der Waals surface area contributed by atoms with Crippen LogP contribution in [0.1, 0.15) is 32.6 Å². The highest BCUT2D eigenvalue weighted by atomic mass is 16.1. The molecule has 0 spiro atoms. The van der Waals surface area contributed by atoms with Crippen LogP contribution >= 0.6 is 0 Å². The van der Waals surface area contributed by atoms with E-state index in [2.05, 4.69) is 43.0 Å². The van der Waals surface area contributed by atoms with E-state index < -0.39 is 0 Å². The van der Waals surface area contributed by atoms with E-state index in [1.165, 1.54) is 32.4 Å². The summed E-state index contributed by atoms with van der Waals surface area (Å²) in [6.07, 6.45) is 10.6. The van der Waals surface area contributed by atoms with Gasteiger partial charge in [0.05, 0.1) is 0 Å². The van der Waals surface area contributed by atoms with Gasteiger partial charge in [0.2, 0.25) is 0 Å². The third-order valence-corrected chi connectivity index (χ3v) is 3.98. The van der Waals surface area contributed by atoms with Gasteiger partial charge < -0.3 is 14.6 Å². The Hall–Kier alpha value is -0.670. The van der Waals surface area contributed by atoms with Crippen molar-refractivity contribution in [3.63, 3.8) is 0 Å². The third-order valence-electron chi connectivity index (χ3n) is 3.98. The lowest BCUT2D eigenvalue weighted by Crippen LogP contribution is -2.32. The minimum Gasteiger partial charge on any atom is -0.306 e. The van der Waals surface area contributed by atoms with Crippen molar-refractivity contribution in [3.05, 3.63) is 12.2 Å². The topological polar surface area (TPSA) is 23.6 Å². The molecule has 2 rings (SSSR count). The van der Waals surface area contributed by atoms with Gasteiger partial charge in [0.15, 0.2) is 0 Å². The predicted molar refractivity (Wildman–Crippen MR) is 81.3 cm³/mol. The van der Waals surface area contributed by atoms with Crippen LogP contribution in [0.15, 0.2) is 12.2 Å². The van der Waals surface area contributed by atoms with Crippen molar-refractivity contribution in [3.8, 4) is 0 Å². The molecule has 3 heteroatoms. The SMILES string of the molecule is C/C=C/C1CCCN(C)C1.CN1CCCC(C=O)C1. The van der Waals surface area contributed by atoms with Gasteiger partial charge in [-0.25, -0.2) is 0 Å². The van der Waals surface area contributed by atoms with Crippen LogP contribution in [-0.2, 0) is 4.79 Å². The van der Waals surface area contributed by atoms with E-state index in [0.29, 0.717) is 5.92 Å². The van der Waals surface area contributed by atoms with Crippen molar-refractivity contribution in [2.24, 2.45) is 11.8 Å². The summed E-state index contributed by atoms with van der Waals surface area (Å²) < 4.78 is 0. The quantitative estimate of drug-likeness (QED) is 0.566. The Balaban J connectivity index is 0.000000191. The maximum absolute atomic E-state index is 10.3. The first kappa shape index (κ1) is 16.4. The van der Waals surface area contributed by atoms with Crippen molar-refractivity contribution in [1.29, 1.82) is 0 Å². The van der Waals surface area contributed by atoms with E-state index in [1.54, 1.807) is 0 Å². The lowest BCUT2D eigenvalue weighted by Gasteiger charge is -2.27. The van der Waals surface area contributed by atoms with E-state index in [0.717, 1.165) is 31.7 Å². The molecule has 110 valence electrons. The van der Waals surface area contributed by atoms with Crippen LogP contribution in [0.25, 0.3) is 0 Å². The molecular formula is C16H30N2O. The number of aldehydes is 1. The second-order valence-corrected chi connectivity index (χ2v) is 5.99. The minimum absolute atomic E-state index is 0.309. The monoisotopic (exact) mass is 266 g/mol. The molecule has 3 nitrogen and oxygen atoms in total. The third kappa shape index (κ3) is 6.88. The largest absolute Gasteiger partial charge is 0.306 e. The molecule has 2 heterocycles. The highest BCUT2D eigenvalue weighted by Gasteiger charge is 2.15. The molecule has 0 N–H and O–H groups in total. The lowest BCUT2D eigenvalue weighted by molar-refractivity contribution is -0.112. The Bertz CT molecular complexity index is 278. The smallest absolute Gasteiger partial charge is 0.124 e. The average molecular weight is 266 g/mol. The lowest BCUT2D eigenvalue weighted by atomic mass is 9.98. The Labute approximate surface area is 118 Å².